The van der Waals surface area contributed by atoms with Crippen LogP contribution in [-0.2, 0) is 11.3 Å². The predicted octanol–water partition coefficient (Wildman–Crippen LogP) is 4.68. The number of rotatable bonds is 7. The number of furan rings is 1. The average Bonchev–Trinajstić information content (AvgIpc) is 3.01. The molecule has 0 saturated heterocycles. The van der Waals surface area contributed by atoms with Crippen LogP contribution in [-0.4, -0.2) is 13.0 Å². The third-order valence-electron chi connectivity index (χ3n) is 4.09. The minimum absolute atomic E-state index is 0.0605. The normalized spacial score (nSPS) is 12.6. The fraction of sp³-hybridized carbons (Fsp3) is 0.450. The molecule has 0 aliphatic heterocycles. The molecule has 0 aliphatic carbocycles. The summed E-state index contributed by atoms with van der Waals surface area (Å²) >= 11 is 0. The maximum absolute atomic E-state index is 12.5. The quantitative estimate of drug-likeness (QED) is 0.802. The molecule has 1 heterocycles. The lowest BCUT2D eigenvalue weighted by molar-refractivity contribution is 0.0889. The van der Waals surface area contributed by atoms with E-state index in [1.165, 1.54) is 5.56 Å². The summed E-state index contributed by atoms with van der Waals surface area (Å²) in [6.45, 7) is 8.90. The van der Waals surface area contributed by atoms with Gasteiger partial charge in [-0.2, -0.15) is 0 Å². The van der Waals surface area contributed by atoms with Crippen molar-refractivity contribution in [2.45, 2.75) is 46.3 Å². The molecule has 1 unspecified atom stereocenters. The summed E-state index contributed by atoms with van der Waals surface area (Å²) in [6, 6.07) is 11.8. The highest BCUT2D eigenvalue weighted by Crippen LogP contribution is 2.24. The lowest BCUT2D eigenvalue weighted by Gasteiger charge is -2.23. The molecule has 1 aromatic heterocycles. The van der Waals surface area contributed by atoms with Gasteiger partial charge >= 0.3 is 0 Å². The summed E-state index contributed by atoms with van der Waals surface area (Å²) in [5.41, 5.74) is 2.40. The molecule has 1 aromatic carbocycles. The van der Waals surface area contributed by atoms with Crippen molar-refractivity contribution in [3.05, 3.63) is 59.0 Å². The van der Waals surface area contributed by atoms with E-state index in [1.54, 1.807) is 19.2 Å². The Bertz CT molecular complexity index is 656. The summed E-state index contributed by atoms with van der Waals surface area (Å²) in [6.07, 6.45) is 0. The molecule has 24 heavy (non-hydrogen) atoms. The first kappa shape index (κ1) is 18.3. The first-order chi connectivity index (χ1) is 11.4. The minimum atomic E-state index is -0.205. The zero-order chi connectivity index (χ0) is 17.7. The number of ether oxygens (including phenoxy) is 1. The molecule has 0 bridgehead atoms. The molecule has 0 radical (unpaired) electrons. The average molecular weight is 329 g/mol. The Morgan fingerprint density at radius 1 is 1.04 bits per heavy atom. The van der Waals surface area contributed by atoms with E-state index in [-0.39, 0.29) is 17.9 Å². The Hall–Kier alpha value is -2.07. The lowest BCUT2D eigenvalue weighted by atomic mass is 9.93. The van der Waals surface area contributed by atoms with Gasteiger partial charge in [0.15, 0.2) is 5.76 Å². The van der Waals surface area contributed by atoms with Gasteiger partial charge in [-0.1, -0.05) is 52.0 Å². The molecule has 4 nitrogen and oxygen atoms in total. The molecule has 0 fully saturated rings. The number of methoxy groups -OCH3 is 1. The number of benzene rings is 1. The molecule has 0 aliphatic rings. The second-order valence-electron chi connectivity index (χ2n) is 6.72. The van der Waals surface area contributed by atoms with Gasteiger partial charge in [-0.15, -0.1) is 0 Å². The van der Waals surface area contributed by atoms with E-state index in [0.29, 0.717) is 24.0 Å². The van der Waals surface area contributed by atoms with Crippen molar-refractivity contribution in [1.82, 2.24) is 5.32 Å². The maximum Gasteiger partial charge on any atom is 0.287 e. The fourth-order valence-electron chi connectivity index (χ4n) is 2.66. The number of nitrogens with one attached hydrogen (secondary N) is 1. The standard InChI is InChI=1S/C20H27NO3/c1-13(2)15-6-8-16(9-7-15)19(14(3)4)21-20(22)18-11-10-17(24-18)12-23-5/h6-11,13-14,19H,12H2,1-5H3,(H,21,22). The fourth-order valence-corrected chi connectivity index (χ4v) is 2.66. The Labute approximate surface area is 144 Å². The third kappa shape index (κ3) is 4.48. The molecule has 0 spiro atoms. The summed E-state index contributed by atoms with van der Waals surface area (Å²) < 4.78 is 10.5. The predicted molar refractivity (Wildman–Crippen MR) is 95.0 cm³/mol. The van der Waals surface area contributed by atoms with Crippen LogP contribution in [0.4, 0.5) is 0 Å². The SMILES string of the molecule is COCc1ccc(C(=O)NC(c2ccc(C(C)C)cc2)C(C)C)o1. The van der Waals surface area contributed by atoms with Gasteiger partial charge in [0.1, 0.15) is 12.4 Å². The molecule has 4 heteroatoms. The van der Waals surface area contributed by atoms with Crippen molar-refractivity contribution >= 4 is 5.91 Å². The second-order valence-corrected chi connectivity index (χ2v) is 6.72. The first-order valence-corrected chi connectivity index (χ1v) is 8.40. The summed E-state index contributed by atoms with van der Waals surface area (Å²) in [5, 5.41) is 3.08. The van der Waals surface area contributed by atoms with Gasteiger partial charge in [-0.25, -0.2) is 0 Å². The van der Waals surface area contributed by atoms with Crippen molar-refractivity contribution in [3.8, 4) is 0 Å². The van der Waals surface area contributed by atoms with Gasteiger partial charge in [0.25, 0.3) is 5.91 Å². The van der Waals surface area contributed by atoms with Gasteiger partial charge in [-0.05, 0) is 35.1 Å². The number of hydrogen-bond acceptors (Lipinski definition) is 3. The van der Waals surface area contributed by atoms with E-state index in [9.17, 15) is 4.79 Å². The van der Waals surface area contributed by atoms with Crippen LogP contribution in [0, 0.1) is 5.92 Å². The first-order valence-electron chi connectivity index (χ1n) is 8.40. The molecule has 2 aromatic rings. The number of amides is 1. The van der Waals surface area contributed by atoms with Crippen LogP contribution >= 0.6 is 0 Å². The Balaban J connectivity index is 2.13. The minimum Gasteiger partial charge on any atom is -0.453 e. The third-order valence-corrected chi connectivity index (χ3v) is 4.09. The van der Waals surface area contributed by atoms with Crippen LogP contribution < -0.4 is 5.32 Å². The smallest absolute Gasteiger partial charge is 0.287 e. The monoisotopic (exact) mass is 329 g/mol. The van der Waals surface area contributed by atoms with E-state index >= 15 is 0 Å². The number of carbonyl (C=O) groups excluding carboxylic acids is 1. The number of hydrogen-bond donors (Lipinski definition) is 1. The van der Waals surface area contributed by atoms with Crippen molar-refractivity contribution in [3.63, 3.8) is 0 Å². The molecule has 130 valence electrons. The van der Waals surface area contributed by atoms with Crippen LogP contribution in [0.1, 0.15) is 67.1 Å². The maximum atomic E-state index is 12.5. The summed E-state index contributed by atoms with van der Waals surface area (Å²) in [5.74, 6) is 1.52. The van der Waals surface area contributed by atoms with Gasteiger partial charge in [0.05, 0.1) is 6.04 Å². The molecular weight excluding hydrogens is 302 g/mol. The van der Waals surface area contributed by atoms with Crippen LogP contribution in [0.2, 0.25) is 0 Å². The summed E-state index contributed by atoms with van der Waals surface area (Å²) in [4.78, 5) is 12.5. The van der Waals surface area contributed by atoms with Crippen molar-refractivity contribution in [2.75, 3.05) is 7.11 Å². The van der Waals surface area contributed by atoms with E-state index in [2.05, 4.69) is 57.3 Å². The van der Waals surface area contributed by atoms with Gasteiger partial charge < -0.3 is 14.5 Å². The molecule has 0 saturated carbocycles. The van der Waals surface area contributed by atoms with Crippen molar-refractivity contribution in [2.24, 2.45) is 5.92 Å². The highest BCUT2D eigenvalue weighted by atomic mass is 16.5. The van der Waals surface area contributed by atoms with Crippen LogP contribution in [0.5, 0.6) is 0 Å². The van der Waals surface area contributed by atoms with Gasteiger partial charge in [0.2, 0.25) is 0 Å². The summed E-state index contributed by atoms with van der Waals surface area (Å²) in [7, 11) is 1.60. The highest BCUT2D eigenvalue weighted by Gasteiger charge is 2.21. The largest absolute Gasteiger partial charge is 0.453 e. The Morgan fingerprint density at radius 2 is 1.67 bits per heavy atom. The Kier molecular flexibility index (Phi) is 6.21. The molecule has 1 N–H and O–H groups in total. The van der Waals surface area contributed by atoms with E-state index < -0.39 is 0 Å². The van der Waals surface area contributed by atoms with E-state index in [1.807, 2.05) is 0 Å². The topological polar surface area (TPSA) is 51.5 Å². The molecular formula is C20H27NO3. The lowest BCUT2D eigenvalue weighted by Crippen LogP contribution is -2.31. The van der Waals surface area contributed by atoms with Crippen LogP contribution in [0.25, 0.3) is 0 Å². The van der Waals surface area contributed by atoms with Crippen LogP contribution in [0.3, 0.4) is 0 Å². The van der Waals surface area contributed by atoms with Crippen molar-refractivity contribution in [1.29, 1.82) is 0 Å². The molecule has 1 atom stereocenters. The zero-order valence-electron chi connectivity index (χ0n) is 15.1. The van der Waals surface area contributed by atoms with Gasteiger partial charge in [-0.3, -0.25) is 4.79 Å². The van der Waals surface area contributed by atoms with E-state index in [4.69, 9.17) is 9.15 Å². The molecule has 2 rings (SSSR count). The highest BCUT2D eigenvalue weighted by molar-refractivity contribution is 5.91. The zero-order valence-corrected chi connectivity index (χ0v) is 15.1. The second kappa shape index (κ2) is 8.15. The van der Waals surface area contributed by atoms with E-state index in [0.717, 1.165) is 5.56 Å². The van der Waals surface area contributed by atoms with Crippen molar-refractivity contribution < 1.29 is 13.9 Å². The molecule has 1 amide bonds. The number of carbonyl (C=O) groups is 1. The van der Waals surface area contributed by atoms with Gasteiger partial charge in [0, 0.05) is 7.11 Å². The van der Waals surface area contributed by atoms with Crippen LogP contribution in [0.15, 0.2) is 40.8 Å². The Morgan fingerprint density at radius 3 is 2.21 bits per heavy atom.